The predicted octanol–water partition coefficient (Wildman–Crippen LogP) is 23.1. The lowest BCUT2D eigenvalue weighted by Crippen LogP contribution is -2.11. The number of halogens is 3. The molecule has 16 atom stereocenters. The first-order chi connectivity index (χ1) is 39.4. The summed E-state index contributed by atoms with van der Waals surface area (Å²) in [7, 11) is 52.2. The maximum atomic E-state index is 14.8. The van der Waals surface area contributed by atoms with Crippen molar-refractivity contribution in [2.24, 2.45) is 0 Å². The van der Waals surface area contributed by atoms with Crippen LogP contribution in [0.25, 0.3) is 55.7 Å². The highest BCUT2D eigenvalue weighted by Crippen LogP contribution is 3.29. The van der Waals surface area contributed by atoms with Gasteiger partial charge in [-0.15, -0.1) is 143 Å². The summed E-state index contributed by atoms with van der Waals surface area (Å²) in [5.41, 5.74) is 4.05. The van der Waals surface area contributed by atoms with Crippen molar-refractivity contribution in [2.75, 3.05) is 26.4 Å². The third kappa shape index (κ3) is 20.4. The SMILES string of the molecule is C.O=c1[nH]cnc2c1c(-c1ccc(OCCO)cc1F)cn2-c1ccccc1.OCCOc1ccc(-c2cn(-c3ccccc3)c3ncnc(Cl)c23)c(F)c1.PP(P)P(P(P)P)C(P(P(P)P)P(P)P)(P(P(P)P)P(P)P)P(P(P)P)P(P)P. The van der Waals surface area contributed by atoms with Gasteiger partial charge in [-0.2, -0.15) is 0 Å². The second-order valence-corrected chi connectivity index (χ2v) is 116. The number of hydrogen-bond acceptors (Lipinski definition) is 8. The average molecular weight is 1680 g/mol. The Bertz CT molecular complexity index is 3320. The third-order valence-electron chi connectivity index (χ3n) is 11.2. The number of hydrogen-bond donors (Lipinski definition) is 3. The number of benzene rings is 4. The van der Waals surface area contributed by atoms with Crippen molar-refractivity contribution in [3.63, 3.8) is 0 Å². The minimum absolute atomic E-state index is 0. The van der Waals surface area contributed by atoms with Crippen LogP contribution in [-0.2, 0) is 0 Å². The molecule has 0 spiro atoms. The normalized spacial score (nSPS) is 12.1. The fourth-order valence-corrected chi connectivity index (χ4v) is 261. The van der Waals surface area contributed by atoms with E-state index < -0.39 is 11.6 Å². The van der Waals surface area contributed by atoms with Gasteiger partial charge in [0.25, 0.3) is 5.56 Å². The first-order valence-electron chi connectivity index (χ1n) is 23.3. The van der Waals surface area contributed by atoms with E-state index in [9.17, 15) is 13.6 Å². The van der Waals surface area contributed by atoms with Crippen molar-refractivity contribution in [2.45, 2.75) is 11.8 Å². The summed E-state index contributed by atoms with van der Waals surface area (Å²) in [6, 6.07) is 28.0. The number of nitrogens with one attached hydrogen (secondary N) is 1. The Hall–Kier alpha value is 5.63. The number of aromatic nitrogens is 6. The largest absolute Gasteiger partial charge is 0.491 e. The molecule has 11 nitrogen and oxygen atoms in total. The van der Waals surface area contributed by atoms with Gasteiger partial charge in [0.2, 0.25) is 0 Å². The van der Waals surface area contributed by atoms with E-state index in [1.807, 2.05) is 65.2 Å². The van der Waals surface area contributed by atoms with Crippen LogP contribution in [0.3, 0.4) is 0 Å². The van der Waals surface area contributed by atoms with Crippen LogP contribution in [-0.4, -0.2) is 70.1 Å². The number of aliphatic hydroxyl groups excluding tert-OH is 2. The van der Waals surface area contributed by atoms with Gasteiger partial charge in [0.15, 0.2) is 5.65 Å². The Kier molecular flexibility index (Phi) is 37.6. The van der Waals surface area contributed by atoms with E-state index in [-0.39, 0.29) is 135 Å². The number of fused-ring (bicyclic) bond motifs is 2. The highest BCUT2D eigenvalue weighted by Gasteiger charge is 2.63. The van der Waals surface area contributed by atoms with Crippen LogP contribution in [0.2, 0.25) is 5.15 Å². The van der Waals surface area contributed by atoms with Gasteiger partial charge in [-0.3, -0.25) is 4.79 Å². The van der Waals surface area contributed by atoms with Crippen molar-refractivity contribution in [3.8, 4) is 45.1 Å². The van der Waals surface area contributed by atoms with Crippen LogP contribution in [0, 0.1) is 11.6 Å². The number of para-hydroxylation sites is 2. The lowest BCUT2D eigenvalue weighted by Gasteiger charge is -2.62. The molecule has 456 valence electrons. The summed E-state index contributed by atoms with van der Waals surface area (Å²) in [6.07, 6.45) is 6.22. The number of aromatic amines is 1. The zero-order valence-electron chi connectivity index (χ0n) is 43.5. The Morgan fingerprint density at radius 2 is 0.869 bits per heavy atom. The maximum absolute atomic E-state index is 14.8. The number of aliphatic hydroxyl groups is 2. The van der Waals surface area contributed by atoms with Gasteiger partial charge in [-0.25, -0.2) is 23.7 Å². The average Bonchev–Trinajstić information content (AvgIpc) is 1.42. The summed E-state index contributed by atoms with van der Waals surface area (Å²) >= 11 is 6.33. The van der Waals surface area contributed by atoms with E-state index >= 15 is 0 Å². The lowest BCUT2D eigenvalue weighted by molar-refractivity contribution is 0.201. The molecule has 16 unspecified atom stereocenters. The molecule has 0 saturated heterocycles. The molecule has 8 rings (SSSR count). The Balaban J connectivity index is 0.000000229. The maximum Gasteiger partial charge on any atom is 0.260 e. The summed E-state index contributed by atoms with van der Waals surface area (Å²) in [5.74, 6) is -0.332. The highest BCUT2D eigenvalue weighted by atomic mass is 35.5. The predicted molar refractivity (Wildman–Crippen MR) is 449 cm³/mol. The minimum Gasteiger partial charge on any atom is -0.491 e. The Morgan fingerprint density at radius 3 is 1.21 bits per heavy atom. The standard InChI is InChI=1S/C20H15ClFN3O2.C20H16FN3O3.CH32P28.CH4/c21-19-18-16(15-7-6-14(10-17(15)22)27-9-8-26)11-25(20(18)24-12-23-19)13-4-2-1-3-5-13;21-17-10-14(27-9-8-25)6-7-15(17)16-11-24(13-4-2-1-3-5-13)19-18(16)20(26)23-12-22-19;2-22(3)18(23(4)5)1(19(24(6)7)25(8)9,20(26(10)11)27(12)13)21(28(14)15)29(16)17;/h1-7,10-12,26H,8-9H2;1-7,10-12,25H,8-9H2,(H,22,23,26);2-17H2;1H4. The van der Waals surface area contributed by atoms with E-state index in [1.54, 1.807) is 41.2 Å². The van der Waals surface area contributed by atoms with Gasteiger partial charge in [0, 0.05) is 58.2 Å². The number of H-pyrrole nitrogens is 1. The van der Waals surface area contributed by atoms with Gasteiger partial charge in [0.05, 0.1) is 34.7 Å². The summed E-state index contributed by atoms with van der Waals surface area (Å²) in [4.78, 5) is 27.7. The monoisotopic (exact) mass is 1680 g/mol. The van der Waals surface area contributed by atoms with Crippen LogP contribution in [0.1, 0.15) is 7.43 Å². The molecular formula is C42H67ClF2N6O5P28. The molecule has 0 fully saturated rings. The van der Waals surface area contributed by atoms with Crippen molar-refractivity contribution in [1.82, 2.24) is 29.1 Å². The van der Waals surface area contributed by atoms with Gasteiger partial charge >= 0.3 is 0 Å². The van der Waals surface area contributed by atoms with Gasteiger partial charge in [-0.05, 0) is 134 Å². The second-order valence-electron chi connectivity index (χ2n) is 16.5. The molecule has 4 heterocycles. The summed E-state index contributed by atoms with van der Waals surface area (Å²) < 4.78 is 44.2. The van der Waals surface area contributed by atoms with E-state index in [4.69, 9.17) is 31.3 Å². The first kappa shape index (κ1) is 80.3. The topological polar surface area (TPSA) is 140 Å². The molecule has 4 aromatic carbocycles. The quantitative estimate of drug-likeness (QED) is 0.0450. The molecule has 0 aliphatic carbocycles. The Morgan fingerprint density at radius 1 is 0.512 bits per heavy atom. The third-order valence-corrected chi connectivity index (χ3v) is 130. The Labute approximate surface area is 546 Å². The molecule has 42 heteroatoms. The molecule has 84 heavy (non-hydrogen) atoms. The highest BCUT2D eigenvalue weighted by molar-refractivity contribution is 9.13. The molecule has 3 N–H and O–H groups in total. The number of nitrogens with zero attached hydrogens (tertiary/aromatic N) is 5. The molecule has 0 amide bonds. The fourth-order valence-electron chi connectivity index (χ4n) is 8.21. The molecule has 0 bridgehead atoms. The summed E-state index contributed by atoms with van der Waals surface area (Å²) in [5, 5.41) is 18.8. The van der Waals surface area contributed by atoms with Crippen molar-refractivity contribution >= 4 is 262 Å². The van der Waals surface area contributed by atoms with Crippen LogP contribution < -0.4 is 15.0 Å². The van der Waals surface area contributed by atoms with Crippen LogP contribution in [0.15, 0.2) is 127 Å². The van der Waals surface area contributed by atoms with Crippen molar-refractivity contribution < 1.29 is 28.5 Å². The zero-order valence-corrected chi connectivity index (χ0v) is 73.4. The molecule has 0 saturated carbocycles. The van der Waals surface area contributed by atoms with Crippen molar-refractivity contribution in [3.05, 3.63) is 149 Å². The van der Waals surface area contributed by atoms with Crippen LogP contribution in [0.4, 0.5) is 8.78 Å². The molecule has 4 aromatic heterocycles. The fraction of sp³-hybridized carbons (Fsp3) is 0.143. The van der Waals surface area contributed by atoms with Gasteiger partial charge in [-0.1, -0.05) is 55.4 Å². The second kappa shape index (κ2) is 39.3. The molecule has 0 radical (unpaired) electrons. The zero-order chi connectivity index (χ0) is 61.0. The van der Waals surface area contributed by atoms with Crippen LogP contribution in [0.5, 0.6) is 11.5 Å². The number of rotatable bonds is 22. The van der Waals surface area contributed by atoms with E-state index in [1.165, 1.54) is 24.8 Å². The van der Waals surface area contributed by atoms with E-state index in [2.05, 4.69) is 163 Å². The van der Waals surface area contributed by atoms with E-state index in [0.29, 0.717) is 54.6 Å². The smallest absolute Gasteiger partial charge is 0.260 e. The summed E-state index contributed by atoms with van der Waals surface area (Å²) in [6.45, 7) is -1.33. The molecule has 0 aliphatic rings. The molecular weight excluding hydrogens is 1610 g/mol. The van der Waals surface area contributed by atoms with Crippen molar-refractivity contribution in [1.29, 1.82) is 0 Å². The number of ether oxygens (including phenoxy) is 2. The lowest BCUT2D eigenvalue weighted by atomic mass is 10.1. The molecule has 8 aromatic rings. The van der Waals surface area contributed by atoms with Crippen LogP contribution >= 0.6 is 240 Å². The van der Waals surface area contributed by atoms with E-state index in [0.717, 1.165) is 11.4 Å². The van der Waals surface area contributed by atoms with Gasteiger partial charge < -0.3 is 33.8 Å². The first-order valence-corrected chi connectivity index (χ1v) is 71.3. The minimum atomic E-state index is -0.527. The molecule has 0 aliphatic heterocycles. The van der Waals surface area contributed by atoms with Gasteiger partial charge in [0.1, 0.15) is 53.5 Å².